The Labute approximate surface area is 190 Å². The highest BCUT2D eigenvalue weighted by atomic mass is 35.5. The highest BCUT2D eigenvalue weighted by molar-refractivity contribution is 8.00. The smallest absolute Gasteiger partial charge is 0.262 e. The van der Waals surface area contributed by atoms with E-state index in [1.807, 2.05) is 35.2 Å². The van der Waals surface area contributed by atoms with Gasteiger partial charge in [-0.25, -0.2) is 4.98 Å². The molecule has 31 heavy (non-hydrogen) atoms. The molecule has 1 amide bonds. The van der Waals surface area contributed by atoms with Crippen molar-refractivity contribution in [3.05, 3.63) is 69.5 Å². The number of thioether (sulfide) groups is 1. The second-order valence-electron chi connectivity index (χ2n) is 7.45. The van der Waals surface area contributed by atoms with Crippen LogP contribution in [0.4, 0.5) is 0 Å². The van der Waals surface area contributed by atoms with Gasteiger partial charge in [0.25, 0.3) is 5.56 Å². The Hall–Kier alpha value is -2.35. The lowest BCUT2D eigenvalue weighted by molar-refractivity contribution is -0.129. The van der Waals surface area contributed by atoms with E-state index in [9.17, 15) is 9.59 Å². The number of nitrogens with zero attached hydrogens (tertiary/aromatic N) is 3. The minimum atomic E-state index is -0.489. The van der Waals surface area contributed by atoms with E-state index in [1.165, 1.54) is 11.8 Å². The molecule has 1 fully saturated rings. The van der Waals surface area contributed by atoms with Gasteiger partial charge in [-0.2, -0.15) is 0 Å². The normalized spacial score (nSPS) is 14.8. The molecule has 0 bridgehead atoms. The Morgan fingerprint density at radius 2 is 1.94 bits per heavy atom. The fraction of sp³-hybridized carbons (Fsp3) is 0.348. The summed E-state index contributed by atoms with van der Waals surface area (Å²) in [6.45, 7) is 2.24. The van der Waals surface area contributed by atoms with E-state index in [0.717, 1.165) is 31.5 Å². The molecule has 0 saturated carbocycles. The summed E-state index contributed by atoms with van der Waals surface area (Å²) in [5, 5.41) is 1.000. The fourth-order valence-electron chi connectivity index (χ4n) is 3.74. The van der Waals surface area contributed by atoms with E-state index >= 15 is 0 Å². The van der Waals surface area contributed by atoms with Crippen LogP contribution in [0.2, 0.25) is 5.02 Å². The zero-order valence-electron chi connectivity index (χ0n) is 17.3. The van der Waals surface area contributed by atoms with Crippen LogP contribution in [0.1, 0.15) is 23.7 Å². The van der Waals surface area contributed by atoms with E-state index in [2.05, 4.69) is 0 Å². The third kappa shape index (κ3) is 4.79. The van der Waals surface area contributed by atoms with Gasteiger partial charge in [0, 0.05) is 25.2 Å². The zero-order valence-corrected chi connectivity index (χ0v) is 18.9. The van der Waals surface area contributed by atoms with E-state index in [1.54, 1.807) is 29.9 Å². The lowest BCUT2D eigenvalue weighted by atomic mass is 10.1. The summed E-state index contributed by atoms with van der Waals surface area (Å²) in [5.41, 5.74) is 1.25. The van der Waals surface area contributed by atoms with E-state index < -0.39 is 5.25 Å². The molecule has 0 N–H and O–H groups in total. The van der Waals surface area contributed by atoms with Gasteiger partial charge in [0.15, 0.2) is 5.16 Å². The average molecular weight is 458 g/mol. The minimum absolute atomic E-state index is 0.0485. The van der Waals surface area contributed by atoms with Crippen molar-refractivity contribution < 1.29 is 9.53 Å². The number of rotatable bonds is 7. The number of aromatic nitrogens is 2. The molecule has 4 rings (SSSR count). The number of carbonyl (C=O) groups excluding carboxylic acids is 1. The molecule has 162 valence electrons. The third-order valence-corrected chi connectivity index (χ3v) is 6.84. The predicted octanol–water partition coefficient (Wildman–Crippen LogP) is 4.15. The van der Waals surface area contributed by atoms with Crippen molar-refractivity contribution in [2.45, 2.75) is 29.8 Å². The fourth-order valence-corrected chi connectivity index (χ4v) is 5.11. The summed E-state index contributed by atoms with van der Waals surface area (Å²) >= 11 is 7.46. The quantitative estimate of drug-likeness (QED) is 0.394. The molecule has 2 heterocycles. The second-order valence-corrected chi connectivity index (χ2v) is 8.96. The molecule has 3 aromatic rings. The Morgan fingerprint density at radius 3 is 2.65 bits per heavy atom. The number of benzene rings is 2. The molecule has 1 aromatic heterocycles. The number of likely N-dealkylation sites (tertiary alicyclic amines) is 1. The average Bonchev–Trinajstić information content (AvgIpc) is 3.32. The number of amides is 1. The van der Waals surface area contributed by atoms with E-state index in [0.29, 0.717) is 34.2 Å². The van der Waals surface area contributed by atoms with Crippen molar-refractivity contribution >= 4 is 40.2 Å². The van der Waals surface area contributed by atoms with Crippen LogP contribution in [0.3, 0.4) is 0 Å². The Balaban J connectivity index is 1.80. The molecule has 1 atom stereocenters. The summed E-state index contributed by atoms with van der Waals surface area (Å²) in [4.78, 5) is 33.3. The number of hydrogen-bond donors (Lipinski definition) is 0. The van der Waals surface area contributed by atoms with Crippen molar-refractivity contribution in [1.82, 2.24) is 14.5 Å². The maximum absolute atomic E-state index is 13.4. The highest BCUT2D eigenvalue weighted by Crippen LogP contribution is 2.37. The molecule has 0 radical (unpaired) electrons. The maximum atomic E-state index is 13.4. The van der Waals surface area contributed by atoms with Crippen LogP contribution in [0.15, 0.2) is 58.5 Å². The first kappa shape index (κ1) is 21.9. The molecule has 8 heteroatoms. The van der Waals surface area contributed by atoms with Gasteiger partial charge in [0.1, 0.15) is 5.25 Å². The van der Waals surface area contributed by atoms with Gasteiger partial charge in [-0.3, -0.25) is 14.2 Å². The summed E-state index contributed by atoms with van der Waals surface area (Å²) in [5.74, 6) is 0.0485. The molecule has 2 aromatic carbocycles. The summed E-state index contributed by atoms with van der Waals surface area (Å²) in [7, 11) is 1.59. The predicted molar refractivity (Wildman–Crippen MR) is 124 cm³/mol. The highest BCUT2D eigenvalue weighted by Gasteiger charge is 2.30. The van der Waals surface area contributed by atoms with Gasteiger partial charge >= 0.3 is 0 Å². The molecule has 1 aliphatic rings. The van der Waals surface area contributed by atoms with Crippen molar-refractivity contribution in [2.75, 3.05) is 26.8 Å². The standard InChI is InChI=1S/C23H24ClN3O3S/c1-30-14-13-27-21(28)18-10-9-17(24)15-19(18)25-23(27)31-20(16-7-3-2-4-8-16)22(29)26-11-5-6-12-26/h2-4,7-10,15,20H,5-6,11-14H2,1H3/t20-/m1/s1. The zero-order chi connectivity index (χ0) is 21.8. The topological polar surface area (TPSA) is 64.4 Å². The van der Waals surface area contributed by atoms with Crippen molar-refractivity contribution in [1.29, 1.82) is 0 Å². The monoisotopic (exact) mass is 457 g/mol. The largest absolute Gasteiger partial charge is 0.383 e. The van der Waals surface area contributed by atoms with Crippen LogP contribution in [0.25, 0.3) is 10.9 Å². The van der Waals surface area contributed by atoms with Crippen LogP contribution in [0.5, 0.6) is 0 Å². The van der Waals surface area contributed by atoms with Crippen LogP contribution in [-0.4, -0.2) is 47.2 Å². The van der Waals surface area contributed by atoms with Gasteiger partial charge in [0.2, 0.25) is 5.91 Å². The Kier molecular flexibility index (Phi) is 6.95. The number of halogens is 1. The number of carbonyl (C=O) groups is 1. The molecular formula is C23H24ClN3O3S. The number of methoxy groups -OCH3 is 1. The lowest BCUT2D eigenvalue weighted by Gasteiger charge is -2.24. The molecule has 1 saturated heterocycles. The lowest BCUT2D eigenvalue weighted by Crippen LogP contribution is -2.32. The number of ether oxygens (including phenoxy) is 1. The van der Waals surface area contributed by atoms with Gasteiger partial charge < -0.3 is 9.64 Å². The van der Waals surface area contributed by atoms with E-state index in [-0.39, 0.29) is 11.5 Å². The van der Waals surface area contributed by atoms with Crippen LogP contribution in [0, 0.1) is 0 Å². The van der Waals surface area contributed by atoms with Crippen molar-refractivity contribution in [2.24, 2.45) is 0 Å². The summed E-state index contributed by atoms with van der Waals surface area (Å²) < 4.78 is 6.81. The van der Waals surface area contributed by atoms with Gasteiger partial charge in [-0.1, -0.05) is 53.7 Å². The van der Waals surface area contributed by atoms with Crippen LogP contribution < -0.4 is 5.56 Å². The number of fused-ring (bicyclic) bond motifs is 1. The molecule has 0 unspecified atom stereocenters. The maximum Gasteiger partial charge on any atom is 0.262 e. The first-order valence-electron chi connectivity index (χ1n) is 10.3. The second kappa shape index (κ2) is 9.85. The third-order valence-electron chi connectivity index (χ3n) is 5.37. The Bertz CT molecular complexity index is 1130. The molecule has 0 aliphatic carbocycles. The first-order valence-corrected chi connectivity index (χ1v) is 11.5. The van der Waals surface area contributed by atoms with E-state index in [4.69, 9.17) is 21.3 Å². The van der Waals surface area contributed by atoms with Crippen LogP contribution >= 0.6 is 23.4 Å². The van der Waals surface area contributed by atoms with Crippen molar-refractivity contribution in [3.8, 4) is 0 Å². The van der Waals surface area contributed by atoms with Gasteiger partial charge in [0.05, 0.1) is 24.1 Å². The van der Waals surface area contributed by atoms with Crippen molar-refractivity contribution in [3.63, 3.8) is 0 Å². The molecule has 1 aliphatic heterocycles. The van der Waals surface area contributed by atoms with Gasteiger partial charge in [-0.05, 0) is 36.6 Å². The number of hydrogen-bond acceptors (Lipinski definition) is 5. The minimum Gasteiger partial charge on any atom is -0.383 e. The Morgan fingerprint density at radius 1 is 1.19 bits per heavy atom. The molecule has 0 spiro atoms. The molecule has 6 nitrogen and oxygen atoms in total. The molecular weight excluding hydrogens is 434 g/mol. The van der Waals surface area contributed by atoms with Gasteiger partial charge in [-0.15, -0.1) is 0 Å². The van der Waals surface area contributed by atoms with Crippen LogP contribution in [-0.2, 0) is 16.1 Å². The SMILES string of the molecule is COCCn1c(S[C@@H](C(=O)N2CCCC2)c2ccccc2)nc2cc(Cl)ccc2c1=O. The first-order chi connectivity index (χ1) is 15.1. The summed E-state index contributed by atoms with van der Waals surface area (Å²) in [6.07, 6.45) is 2.03. The summed E-state index contributed by atoms with van der Waals surface area (Å²) in [6, 6.07) is 14.7.